The van der Waals surface area contributed by atoms with Crippen LogP contribution in [0, 0.1) is 0 Å². The van der Waals surface area contributed by atoms with Crippen molar-refractivity contribution in [2.75, 3.05) is 6.54 Å². The average molecular weight is 172 g/mol. The molecule has 0 saturated heterocycles. The van der Waals surface area contributed by atoms with Crippen molar-refractivity contribution in [3.05, 3.63) is 23.4 Å². The second kappa shape index (κ2) is 3.58. The molecule has 1 rings (SSSR count). The molecule has 1 aliphatic carbocycles. The van der Waals surface area contributed by atoms with Crippen LogP contribution in [-0.4, -0.2) is 12.3 Å². The van der Waals surface area contributed by atoms with E-state index < -0.39 is 0 Å². The van der Waals surface area contributed by atoms with Crippen molar-refractivity contribution in [3.63, 3.8) is 0 Å². The first-order valence-corrected chi connectivity index (χ1v) is 3.87. The third-order valence-corrected chi connectivity index (χ3v) is 1.62. The zero-order valence-corrected chi connectivity index (χ0v) is 6.95. The van der Waals surface area contributed by atoms with Gasteiger partial charge in [0, 0.05) is 29.8 Å². The Morgan fingerprint density at radius 3 is 2.91 bits per heavy atom. The van der Waals surface area contributed by atoms with Crippen LogP contribution in [0.4, 0.5) is 0 Å². The third-order valence-electron chi connectivity index (χ3n) is 1.48. The molecule has 0 spiro atoms. The topological polar surface area (TPSA) is 29.1 Å². The summed E-state index contributed by atoms with van der Waals surface area (Å²) in [4.78, 5) is 10.7. The van der Waals surface area contributed by atoms with Crippen LogP contribution in [0.25, 0.3) is 0 Å². The Kier molecular flexibility index (Phi) is 2.71. The van der Waals surface area contributed by atoms with Gasteiger partial charge in [0.25, 0.3) is 0 Å². The van der Waals surface area contributed by atoms with Crippen LogP contribution in [0.2, 0.25) is 0 Å². The van der Waals surface area contributed by atoms with E-state index in [0.717, 1.165) is 12.1 Å². The van der Waals surface area contributed by atoms with Crippen molar-refractivity contribution in [2.24, 2.45) is 0 Å². The second-order valence-electron chi connectivity index (χ2n) is 2.51. The predicted molar refractivity (Wildman–Crippen MR) is 45.3 cm³/mol. The zero-order chi connectivity index (χ0) is 8.27. The minimum absolute atomic E-state index is 0.188. The van der Waals surface area contributed by atoms with Crippen molar-refractivity contribution in [1.82, 2.24) is 5.32 Å². The van der Waals surface area contributed by atoms with E-state index in [1.807, 2.05) is 0 Å². The predicted octanol–water partition coefficient (Wildman–Crippen LogP) is 1.58. The molecule has 2 nitrogen and oxygen atoms in total. The Bertz CT molecular complexity index is 220. The van der Waals surface area contributed by atoms with Gasteiger partial charge in [0.2, 0.25) is 0 Å². The van der Waals surface area contributed by atoms with Gasteiger partial charge in [0.05, 0.1) is 0 Å². The van der Waals surface area contributed by atoms with Crippen LogP contribution in [0.15, 0.2) is 23.4 Å². The highest BCUT2D eigenvalue weighted by atomic mass is 35.5. The lowest BCUT2D eigenvalue weighted by Gasteiger charge is -2.03. The summed E-state index contributed by atoms with van der Waals surface area (Å²) in [5, 5.41) is 3.58. The number of hydrogen-bond acceptors (Lipinski definition) is 2. The van der Waals surface area contributed by atoms with E-state index >= 15 is 0 Å². The molecule has 0 amide bonds. The molecule has 0 heterocycles. The Morgan fingerprint density at radius 2 is 2.45 bits per heavy atom. The van der Waals surface area contributed by atoms with E-state index in [-0.39, 0.29) is 5.78 Å². The number of halogens is 1. The summed E-state index contributed by atoms with van der Waals surface area (Å²) < 4.78 is 0. The zero-order valence-electron chi connectivity index (χ0n) is 6.19. The van der Waals surface area contributed by atoms with Gasteiger partial charge < -0.3 is 5.32 Å². The lowest BCUT2D eigenvalue weighted by Crippen LogP contribution is -2.12. The molecular weight excluding hydrogens is 162 g/mol. The quantitative estimate of drug-likeness (QED) is 0.699. The molecule has 60 valence electrons. The molecule has 0 saturated carbocycles. The molecule has 0 aliphatic heterocycles. The van der Waals surface area contributed by atoms with Gasteiger partial charge in [-0.15, -0.1) is 0 Å². The summed E-state index contributed by atoms with van der Waals surface area (Å²) >= 11 is 5.52. The maximum absolute atomic E-state index is 10.7. The first-order valence-electron chi connectivity index (χ1n) is 3.49. The normalized spacial score (nSPS) is 16.5. The van der Waals surface area contributed by atoms with Gasteiger partial charge in [-0.1, -0.05) is 18.2 Å². The van der Waals surface area contributed by atoms with Crippen LogP contribution in [-0.2, 0) is 4.79 Å². The third kappa shape index (κ3) is 2.76. The minimum Gasteiger partial charge on any atom is -0.383 e. The number of carbonyl (C=O) groups is 1. The standard InChI is InChI=1S/C8H10ClNO/c1-6(9)5-10-7-2-3-8(11)4-7/h4,10H,1-3,5H2. The molecule has 11 heavy (non-hydrogen) atoms. The number of nitrogens with one attached hydrogen (secondary N) is 1. The van der Waals surface area contributed by atoms with E-state index in [9.17, 15) is 4.79 Å². The van der Waals surface area contributed by atoms with Crippen molar-refractivity contribution in [3.8, 4) is 0 Å². The van der Waals surface area contributed by atoms with Gasteiger partial charge in [-0.2, -0.15) is 0 Å². The molecule has 0 aromatic rings. The molecular formula is C8H10ClNO. The molecule has 1 aliphatic rings. The highest BCUT2D eigenvalue weighted by molar-refractivity contribution is 6.29. The van der Waals surface area contributed by atoms with Crippen LogP contribution in [0.5, 0.6) is 0 Å². The van der Waals surface area contributed by atoms with Crippen LogP contribution < -0.4 is 5.32 Å². The highest BCUT2D eigenvalue weighted by Crippen LogP contribution is 2.11. The summed E-state index contributed by atoms with van der Waals surface area (Å²) in [5.74, 6) is 0.188. The largest absolute Gasteiger partial charge is 0.383 e. The average Bonchev–Trinajstić information content (AvgIpc) is 2.31. The fraction of sp³-hybridized carbons (Fsp3) is 0.375. The van der Waals surface area contributed by atoms with E-state index in [1.54, 1.807) is 6.08 Å². The monoisotopic (exact) mass is 171 g/mol. The molecule has 0 radical (unpaired) electrons. The maximum Gasteiger partial charge on any atom is 0.157 e. The number of hydrogen-bond donors (Lipinski definition) is 1. The number of carbonyl (C=O) groups excluding carboxylic acids is 1. The lowest BCUT2D eigenvalue weighted by molar-refractivity contribution is -0.114. The van der Waals surface area contributed by atoms with E-state index in [4.69, 9.17) is 11.6 Å². The molecule has 0 aromatic heterocycles. The van der Waals surface area contributed by atoms with Gasteiger partial charge in [0.15, 0.2) is 5.78 Å². The number of allylic oxidation sites excluding steroid dienone is 2. The fourth-order valence-electron chi connectivity index (χ4n) is 0.945. The number of ketones is 1. The smallest absolute Gasteiger partial charge is 0.157 e. The van der Waals surface area contributed by atoms with Gasteiger partial charge in [-0.25, -0.2) is 0 Å². The molecule has 3 heteroatoms. The van der Waals surface area contributed by atoms with Gasteiger partial charge in [-0.05, 0) is 6.42 Å². The van der Waals surface area contributed by atoms with E-state index in [2.05, 4.69) is 11.9 Å². The molecule has 0 atom stereocenters. The Balaban J connectivity index is 2.33. The summed E-state index contributed by atoms with van der Waals surface area (Å²) in [6.07, 6.45) is 3.06. The van der Waals surface area contributed by atoms with Gasteiger partial charge in [-0.3, -0.25) is 4.79 Å². The molecule has 0 unspecified atom stereocenters. The molecule has 0 fully saturated rings. The lowest BCUT2D eigenvalue weighted by atomic mass is 10.3. The van der Waals surface area contributed by atoms with E-state index in [0.29, 0.717) is 18.0 Å². The van der Waals surface area contributed by atoms with Gasteiger partial charge in [0.1, 0.15) is 0 Å². The first-order chi connectivity index (χ1) is 5.18. The van der Waals surface area contributed by atoms with E-state index in [1.165, 1.54) is 0 Å². The van der Waals surface area contributed by atoms with Crippen LogP contribution in [0.3, 0.4) is 0 Å². The molecule has 0 bridgehead atoms. The fourth-order valence-corrected chi connectivity index (χ4v) is 1.01. The maximum atomic E-state index is 10.7. The Labute approximate surface area is 70.9 Å². The molecule has 1 N–H and O–H groups in total. The van der Waals surface area contributed by atoms with Crippen LogP contribution >= 0.6 is 11.6 Å². The summed E-state index contributed by atoms with van der Waals surface area (Å²) in [6.45, 7) is 4.07. The first kappa shape index (κ1) is 8.34. The Morgan fingerprint density at radius 1 is 1.73 bits per heavy atom. The number of rotatable bonds is 3. The van der Waals surface area contributed by atoms with Gasteiger partial charge >= 0.3 is 0 Å². The highest BCUT2D eigenvalue weighted by Gasteiger charge is 2.10. The second-order valence-corrected chi connectivity index (χ2v) is 3.04. The summed E-state index contributed by atoms with van der Waals surface area (Å²) in [7, 11) is 0. The minimum atomic E-state index is 0.188. The van der Waals surface area contributed by atoms with Crippen LogP contribution in [0.1, 0.15) is 12.8 Å². The van der Waals surface area contributed by atoms with Crippen molar-refractivity contribution >= 4 is 17.4 Å². The molecule has 0 aromatic carbocycles. The summed E-state index contributed by atoms with van der Waals surface area (Å²) in [6, 6.07) is 0. The van der Waals surface area contributed by atoms with Crippen molar-refractivity contribution in [2.45, 2.75) is 12.8 Å². The summed E-state index contributed by atoms with van der Waals surface area (Å²) in [5.41, 5.74) is 0.969. The van der Waals surface area contributed by atoms with Crippen molar-refractivity contribution in [1.29, 1.82) is 0 Å². The SMILES string of the molecule is C=C(Cl)CNC1=CC(=O)CC1. The van der Waals surface area contributed by atoms with Crippen molar-refractivity contribution < 1.29 is 4.79 Å². The Hall–Kier alpha value is -0.760.